The normalized spacial score (nSPS) is 15.2. The summed E-state index contributed by atoms with van der Waals surface area (Å²) in [5.74, 6) is -11.2. The van der Waals surface area contributed by atoms with E-state index < -0.39 is 107 Å². The van der Waals surface area contributed by atoms with Crippen molar-refractivity contribution in [2.24, 2.45) is 0 Å². The molecule has 0 N–H and O–H groups in total. The predicted molar refractivity (Wildman–Crippen MR) is 327 cm³/mol. The molecule has 0 radical (unpaired) electrons. The molecular weight excluding hydrogens is 1460 g/mol. The molecule has 2 aliphatic heterocycles. The zero-order valence-electron chi connectivity index (χ0n) is 39.2. The molecule has 83 heavy (non-hydrogen) atoms. The summed E-state index contributed by atoms with van der Waals surface area (Å²) in [5.41, 5.74) is -4.71. The number of amides is 4. The summed E-state index contributed by atoms with van der Waals surface area (Å²) in [4.78, 5) is 127. The minimum Gasteiger partial charge on any atom is -0.293 e. The zero-order chi connectivity index (χ0) is 60.1. The van der Waals surface area contributed by atoms with Crippen LogP contribution in [0.25, 0.3) is 21.8 Å². The fourth-order valence-corrected chi connectivity index (χ4v) is 15.2. The topological polar surface area (TPSA) is 169 Å². The van der Waals surface area contributed by atoms with Gasteiger partial charge in [-0.05, 0) is 47.5 Å². The predicted octanol–water partition coefficient (Wildman–Crippen LogP) is 20.1. The number of fused-ring (bicyclic) bond motifs is 6. The minimum absolute atomic E-state index is 0.0646. The van der Waals surface area contributed by atoms with Crippen molar-refractivity contribution in [2.45, 2.75) is 18.3 Å². The highest BCUT2D eigenvalue weighted by Gasteiger charge is 2.50. The van der Waals surface area contributed by atoms with Gasteiger partial charge < -0.3 is 0 Å². The Hall–Kier alpha value is -3.68. The van der Waals surface area contributed by atoms with Crippen LogP contribution in [0.3, 0.4) is 0 Å². The number of pyridine rings is 2. The van der Waals surface area contributed by atoms with Crippen LogP contribution in [0.2, 0.25) is 90.4 Å². The van der Waals surface area contributed by atoms with E-state index in [1.165, 1.54) is 36.4 Å². The fraction of sp³-hybridized carbons (Fsp3) is 0.0566. The Balaban J connectivity index is 1.09. The Morgan fingerprint density at radius 2 is 0.542 bits per heavy atom. The van der Waals surface area contributed by atoms with E-state index in [0.29, 0.717) is 9.80 Å². The van der Waals surface area contributed by atoms with Crippen molar-refractivity contribution in [3.63, 3.8) is 0 Å². The van der Waals surface area contributed by atoms with E-state index in [1.807, 2.05) is 0 Å². The number of nitrogens with zero attached hydrogens (tertiary/aromatic N) is 4. The van der Waals surface area contributed by atoms with Crippen LogP contribution in [0.1, 0.15) is 117 Å². The fourth-order valence-electron chi connectivity index (χ4n) is 10.6. The van der Waals surface area contributed by atoms with E-state index in [9.17, 15) is 38.4 Å². The average molecular weight is 1470 g/mol. The van der Waals surface area contributed by atoms with Crippen LogP contribution < -0.4 is 9.80 Å². The van der Waals surface area contributed by atoms with Crippen LogP contribution in [-0.2, 0) is 6.42 Å². The number of aromatic nitrogens is 2. The molecule has 2 aliphatic carbocycles. The highest BCUT2D eigenvalue weighted by molar-refractivity contribution is 6.60. The van der Waals surface area contributed by atoms with Gasteiger partial charge in [0.25, 0.3) is 23.6 Å². The van der Waals surface area contributed by atoms with Crippen LogP contribution in [0.5, 0.6) is 0 Å². The summed E-state index contributed by atoms with van der Waals surface area (Å²) in [6.07, 6.45) is -0.562. The summed E-state index contributed by atoms with van der Waals surface area (Å²) in [6.45, 7) is 0. The summed E-state index contributed by atoms with van der Waals surface area (Å²) in [5, 5.41) is -6.47. The number of rotatable bonds is 6. The summed E-state index contributed by atoms with van der Waals surface area (Å²) in [6, 6.07) is 7.59. The Kier molecular flexibility index (Phi) is 15.1. The van der Waals surface area contributed by atoms with E-state index in [2.05, 4.69) is 9.97 Å². The van der Waals surface area contributed by atoms with Crippen molar-refractivity contribution in [2.75, 3.05) is 9.80 Å². The lowest BCUT2D eigenvalue weighted by atomic mass is 9.93. The van der Waals surface area contributed by atoms with Crippen LogP contribution in [0.15, 0.2) is 36.4 Å². The number of anilines is 2. The molecule has 0 unspecified atom stereocenters. The monoisotopic (exact) mass is 1460 g/mol. The van der Waals surface area contributed by atoms with Crippen molar-refractivity contribution in [1.29, 1.82) is 0 Å². The number of imide groups is 2. The third-order valence-corrected chi connectivity index (χ3v) is 22.0. The van der Waals surface area contributed by atoms with Gasteiger partial charge in [0.05, 0.1) is 169 Å². The molecule has 0 atom stereocenters. The molecule has 0 saturated carbocycles. The highest BCUT2D eigenvalue weighted by atomic mass is 35.5. The molecular formula is C53H10Cl18N4O8. The second-order valence-corrected chi connectivity index (χ2v) is 25.3. The van der Waals surface area contributed by atoms with Gasteiger partial charge >= 0.3 is 0 Å². The van der Waals surface area contributed by atoms with Gasteiger partial charge in [-0.15, -0.1) is 0 Å². The molecule has 6 aromatic carbocycles. The highest BCUT2D eigenvalue weighted by Crippen LogP contribution is 2.54. The molecule has 416 valence electrons. The Labute approximate surface area is 553 Å². The van der Waals surface area contributed by atoms with Crippen LogP contribution >= 0.6 is 209 Å². The van der Waals surface area contributed by atoms with Crippen molar-refractivity contribution in [3.05, 3.63) is 194 Å². The van der Waals surface area contributed by atoms with E-state index in [0.717, 1.165) is 0 Å². The maximum atomic E-state index is 15.0. The SMILES string of the molecule is O=C1c2c(Cl)c(Cl)c(Cl)c(Cl)c2C(=O)C1c1ccc2c(N3C(=O)c4c(Cl)c(Cl)c(Cl)c(Cl)c4C3=O)c(Cc3cc(Cl)c4nc(C5C(=O)c6c(Cl)c(Cl)c(Cl)c(Cl)c6C5=O)ccc4c3N3C(=O)c4c(Cl)c(Cl)c(Cl)c(Cl)c4C3=O)cc(Cl)c2n1. The molecule has 4 aliphatic rings. The average Bonchev–Trinajstić information content (AvgIpc) is 2.28. The Morgan fingerprint density at radius 3 is 0.783 bits per heavy atom. The number of hydrogen-bond donors (Lipinski definition) is 0. The number of halogens is 18. The number of benzene rings is 6. The maximum Gasteiger partial charge on any atom is 0.267 e. The van der Waals surface area contributed by atoms with Crippen molar-refractivity contribution in [3.8, 4) is 0 Å². The Morgan fingerprint density at radius 1 is 0.313 bits per heavy atom. The standard InChI is InChI=1S/C53H10Cl18N4O8/c54-12-6-8(44(74-50(80)22-23(51(74)81)31(61)39(69)38(68)30(22)60)10-1-3-14(72-42(10)12)16-46(76)18-19(47(16)77)27(57)35(65)34(64)26(18)56)5-9-7-13(55)43-11(45(9)75-52(82)24-25(53(75)83)33(63)41(71)40(70)32(24)62)2-4-15(73-43)17-48(78)20-21(49(17)79)29(59)37(67)36(66)28(20)58/h1-4,6-7,16-17H,5H2. The van der Waals surface area contributed by atoms with E-state index >= 15 is 0 Å². The first-order chi connectivity index (χ1) is 39.1. The molecule has 4 heterocycles. The number of carbonyl (C=O) groups is 8. The maximum absolute atomic E-state index is 15.0. The number of hydrogen-bond acceptors (Lipinski definition) is 10. The minimum atomic E-state index is -1.70. The third-order valence-electron chi connectivity index (χ3n) is 14.2. The number of ketones is 4. The first kappa shape index (κ1) is 59.6. The largest absolute Gasteiger partial charge is 0.293 e. The van der Waals surface area contributed by atoms with E-state index in [1.54, 1.807) is 0 Å². The first-order valence-electron chi connectivity index (χ1n) is 22.7. The summed E-state index contributed by atoms with van der Waals surface area (Å²) in [7, 11) is 0. The number of Topliss-reactive ketones (excluding diaryl/α,β-unsaturated/α-hetero) is 4. The second-order valence-electron chi connectivity index (χ2n) is 18.4. The molecule has 4 amide bonds. The molecule has 8 aromatic rings. The first-order valence-corrected chi connectivity index (χ1v) is 29.5. The summed E-state index contributed by atoms with van der Waals surface area (Å²) >= 11 is 118. The molecule has 0 fully saturated rings. The van der Waals surface area contributed by atoms with Crippen LogP contribution in [0.4, 0.5) is 11.4 Å². The molecule has 12 nitrogen and oxygen atoms in total. The van der Waals surface area contributed by atoms with Gasteiger partial charge in [-0.3, -0.25) is 38.4 Å². The van der Waals surface area contributed by atoms with Gasteiger partial charge in [0.1, 0.15) is 11.8 Å². The lowest BCUT2D eigenvalue weighted by molar-refractivity contribution is 0.0872. The van der Waals surface area contributed by atoms with Crippen LogP contribution in [-0.4, -0.2) is 56.7 Å². The van der Waals surface area contributed by atoms with Gasteiger partial charge in [-0.1, -0.05) is 209 Å². The zero-order valence-corrected chi connectivity index (χ0v) is 52.8. The lowest BCUT2D eigenvalue weighted by Crippen LogP contribution is -2.32. The van der Waals surface area contributed by atoms with Gasteiger partial charge in [0.15, 0.2) is 23.1 Å². The smallest absolute Gasteiger partial charge is 0.267 e. The van der Waals surface area contributed by atoms with E-state index in [-0.39, 0.29) is 148 Å². The molecule has 12 rings (SSSR count). The third kappa shape index (κ3) is 8.31. The molecule has 0 spiro atoms. The lowest BCUT2D eigenvalue weighted by Gasteiger charge is -2.25. The van der Waals surface area contributed by atoms with Crippen LogP contribution in [0, 0.1) is 0 Å². The van der Waals surface area contributed by atoms with Crippen molar-refractivity contribution < 1.29 is 38.4 Å². The van der Waals surface area contributed by atoms with Crippen molar-refractivity contribution >= 4 is 289 Å². The van der Waals surface area contributed by atoms with Gasteiger partial charge in [-0.2, -0.15) is 0 Å². The van der Waals surface area contributed by atoms with Gasteiger partial charge in [0, 0.05) is 17.2 Å². The summed E-state index contributed by atoms with van der Waals surface area (Å²) < 4.78 is 0. The quantitative estimate of drug-likeness (QED) is 0.0676. The Bertz CT molecular complexity index is 4210. The molecule has 2 aromatic heterocycles. The van der Waals surface area contributed by atoms with Gasteiger partial charge in [0.2, 0.25) is 0 Å². The van der Waals surface area contributed by atoms with E-state index in [4.69, 9.17) is 209 Å². The van der Waals surface area contributed by atoms with Gasteiger partial charge in [-0.25, -0.2) is 19.8 Å². The van der Waals surface area contributed by atoms with Crippen molar-refractivity contribution in [1.82, 2.24) is 9.97 Å². The molecule has 30 heteroatoms. The molecule has 0 bridgehead atoms. The second kappa shape index (κ2) is 21.0. The number of carbonyl (C=O) groups excluding carboxylic acids is 8. The molecule has 0 saturated heterocycles.